The topological polar surface area (TPSA) is 76.4 Å². The smallest absolute Gasteiger partial charge is 0.191 e. The molecule has 0 saturated carbocycles. The molecule has 2 N–H and O–H groups in total. The molecular weight excluding hydrogens is 439 g/mol. The summed E-state index contributed by atoms with van der Waals surface area (Å²) in [5.74, 6) is 2.49. The predicted octanol–water partition coefficient (Wildman–Crippen LogP) is 1.73. The minimum absolute atomic E-state index is 0. The normalized spacial score (nSPS) is 11.2. The Labute approximate surface area is 163 Å². The second-order valence-corrected chi connectivity index (χ2v) is 6.10. The van der Waals surface area contributed by atoms with Crippen LogP contribution in [-0.4, -0.2) is 47.5 Å². The summed E-state index contributed by atoms with van der Waals surface area (Å²) in [6.07, 6.45) is 0.978. The Morgan fingerprint density at radius 1 is 1.33 bits per heavy atom. The van der Waals surface area contributed by atoms with E-state index in [9.17, 15) is 0 Å². The van der Waals surface area contributed by atoms with Gasteiger partial charge < -0.3 is 19.9 Å². The first-order valence-corrected chi connectivity index (χ1v) is 8.47. The van der Waals surface area contributed by atoms with Crippen LogP contribution in [0.15, 0.2) is 22.5 Å². The Morgan fingerprint density at radius 2 is 2.12 bits per heavy atom. The molecule has 2 aromatic rings. The molecule has 0 atom stereocenters. The lowest BCUT2D eigenvalue weighted by Gasteiger charge is -2.12. The Bertz CT molecular complexity index is 614. The molecular formula is C15H25IN6OS. The van der Waals surface area contributed by atoms with Crippen molar-refractivity contribution < 1.29 is 4.74 Å². The highest BCUT2D eigenvalue weighted by atomic mass is 127. The average molecular weight is 464 g/mol. The van der Waals surface area contributed by atoms with Gasteiger partial charge in [-0.2, -0.15) is 0 Å². The Morgan fingerprint density at radius 3 is 2.75 bits per heavy atom. The zero-order valence-electron chi connectivity index (χ0n) is 14.3. The molecule has 0 aromatic carbocycles. The second kappa shape index (κ2) is 11.4. The van der Waals surface area contributed by atoms with Gasteiger partial charge in [-0.15, -0.1) is 45.5 Å². The molecule has 134 valence electrons. The number of aromatic nitrogens is 3. The van der Waals surface area contributed by atoms with Gasteiger partial charge in [-0.1, -0.05) is 6.07 Å². The predicted molar refractivity (Wildman–Crippen MR) is 108 cm³/mol. The van der Waals surface area contributed by atoms with Crippen molar-refractivity contribution in [2.24, 2.45) is 12.0 Å². The number of aliphatic imine (C=N–C) groups is 1. The molecule has 0 aliphatic heterocycles. The molecule has 0 aliphatic carbocycles. The standard InChI is InChI=1S/C15H24N6OS.HI/c1-12-19-20-14(21(12)2)11-18-15(17-8-9-22-3)16-7-6-13-5-4-10-23-13;/h4-5,10H,6-9,11H2,1-3H3,(H2,16,17,18);1H. The molecule has 0 unspecified atom stereocenters. The zero-order valence-corrected chi connectivity index (χ0v) is 17.4. The summed E-state index contributed by atoms with van der Waals surface area (Å²) < 4.78 is 7.02. The number of methoxy groups -OCH3 is 1. The maximum absolute atomic E-state index is 5.07. The minimum Gasteiger partial charge on any atom is -0.383 e. The number of aryl methyl sites for hydroxylation is 1. The van der Waals surface area contributed by atoms with E-state index in [1.54, 1.807) is 18.4 Å². The van der Waals surface area contributed by atoms with Gasteiger partial charge in [0.15, 0.2) is 11.8 Å². The summed E-state index contributed by atoms with van der Waals surface area (Å²) in [7, 11) is 3.63. The van der Waals surface area contributed by atoms with Crippen LogP contribution in [0.4, 0.5) is 0 Å². The number of hydrogen-bond donors (Lipinski definition) is 2. The number of ether oxygens (including phenoxy) is 1. The van der Waals surface area contributed by atoms with Crippen molar-refractivity contribution in [3.63, 3.8) is 0 Å². The fourth-order valence-electron chi connectivity index (χ4n) is 1.94. The second-order valence-electron chi connectivity index (χ2n) is 5.06. The monoisotopic (exact) mass is 464 g/mol. The van der Waals surface area contributed by atoms with Crippen LogP contribution in [0.5, 0.6) is 0 Å². The summed E-state index contributed by atoms with van der Waals surface area (Å²) in [6.45, 7) is 4.58. The quantitative estimate of drug-likeness (QED) is 0.269. The van der Waals surface area contributed by atoms with E-state index < -0.39 is 0 Å². The highest BCUT2D eigenvalue weighted by Crippen LogP contribution is 2.08. The van der Waals surface area contributed by atoms with Gasteiger partial charge in [-0.25, -0.2) is 4.99 Å². The van der Waals surface area contributed by atoms with Crippen LogP contribution in [0.25, 0.3) is 0 Å². The Balaban J connectivity index is 0.00000288. The summed E-state index contributed by atoms with van der Waals surface area (Å²) >= 11 is 1.77. The SMILES string of the molecule is COCCNC(=NCc1nnc(C)n1C)NCCc1cccs1.I. The van der Waals surface area contributed by atoms with E-state index >= 15 is 0 Å². The van der Waals surface area contributed by atoms with Crippen LogP contribution in [0, 0.1) is 6.92 Å². The largest absolute Gasteiger partial charge is 0.383 e. The number of guanidine groups is 1. The number of thiophene rings is 1. The molecule has 24 heavy (non-hydrogen) atoms. The molecule has 9 heteroatoms. The summed E-state index contributed by atoms with van der Waals surface area (Å²) in [4.78, 5) is 5.94. The molecule has 0 saturated heterocycles. The van der Waals surface area contributed by atoms with Crippen LogP contribution >= 0.6 is 35.3 Å². The first-order valence-electron chi connectivity index (χ1n) is 7.59. The van der Waals surface area contributed by atoms with Crippen molar-refractivity contribution in [1.29, 1.82) is 0 Å². The van der Waals surface area contributed by atoms with Crippen LogP contribution < -0.4 is 10.6 Å². The summed E-state index contributed by atoms with van der Waals surface area (Å²) in [5, 5.41) is 16.9. The van der Waals surface area contributed by atoms with Gasteiger partial charge in [0.2, 0.25) is 0 Å². The van der Waals surface area contributed by atoms with Crippen LogP contribution in [0.1, 0.15) is 16.5 Å². The van der Waals surface area contributed by atoms with E-state index in [0.717, 1.165) is 30.6 Å². The molecule has 0 radical (unpaired) electrons. The Hall–Kier alpha value is -1.20. The van der Waals surface area contributed by atoms with E-state index in [4.69, 9.17) is 4.74 Å². The van der Waals surface area contributed by atoms with Gasteiger partial charge in [-0.05, 0) is 24.8 Å². The van der Waals surface area contributed by atoms with Crippen LogP contribution in [-0.2, 0) is 24.8 Å². The van der Waals surface area contributed by atoms with E-state index in [-0.39, 0.29) is 24.0 Å². The first kappa shape index (κ1) is 20.8. The third-order valence-electron chi connectivity index (χ3n) is 3.40. The van der Waals surface area contributed by atoms with Gasteiger partial charge in [0.25, 0.3) is 0 Å². The van der Waals surface area contributed by atoms with Gasteiger partial charge in [0, 0.05) is 32.1 Å². The lowest BCUT2D eigenvalue weighted by molar-refractivity contribution is 0.203. The third-order valence-corrected chi connectivity index (χ3v) is 4.34. The lowest BCUT2D eigenvalue weighted by Crippen LogP contribution is -2.40. The fourth-order valence-corrected chi connectivity index (χ4v) is 2.65. The van der Waals surface area contributed by atoms with Gasteiger partial charge >= 0.3 is 0 Å². The minimum atomic E-state index is 0. The molecule has 0 amide bonds. The molecule has 0 aliphatic rings. The maximum Gasteiger partial charge on any atom is 0.191 e. The number of nitrogens with one attached hydrogen (secondary N) is 2. The van der Waals surface area contributed by atoms with Crippen molar-refractivity contribution in [1.82, 2.24) is 25.4 Å². The fraction of sp³-hybridized carbons (Fsp3) is 0.533. The van der Waals surface area contributed by atoms with E-state index in [2.05, 4.69) is 43.3 Å². The van der Waals surface area contributed by atoms with Crippen molar-refractivity contribution in [2.75, 3.05) is 26.8 Å². The van der Waals surface area contributed by atoms with Crippen molar-refractivity contribution >= 4 is 41.3 Å². The molecule has 2 aromatic heterocycles. The molecule has 0 fully saturated rings. The van der Waals surface area contributed by atoms with E-state index in [1.165, 1.54) is 4.88 Å². The number of hydrogen-bond acceptors (Lipinski definition) is 5. The molecule has 2 rings (SSSR count). The van der Waals surface area contributed by atoms with Crippen molar-refractivity contribution in [2.45, 2.75) is 19.9 Å². The van der Waals surface area contributed by atoms with E-state index in [0.29, 0.717) is 19.7 Å². The maximum atomic E-state index is 5.07. The van der Waals surface area contributed by atoms with Crippen LogP contribution in [0.2, 0.25) is 0 Å². The Kier molecular flexibility index (Phi) is 9.88. The molecule has 0 spiro atoms. The zero-order chi connectivity index (χ0) is 16.5. The van der Waals surface area contributed by atoms with Gasteiger partial charge in [-0.3, -0.25) is 0 Å². The number of nitrogens with zero attached hydrogens (tertiary/aromatic N) is 4. The van der Waals surface area contributed by atoms with Crippen molar-refractivity contribution in [3.05, 3.63) is 34.0 Å². The van der Waals surface area contributed by atoms with Gasteiger partial charge in [0.05, 0.1) is 6.61 Å². The van der Waals surface area contributed by atoms with E-state index in [1.807, 2.05) is 18.5 Å². The highest BCUT2D eigenvalue weighted by molar-refractivity contribution is 14.0. The summed E-state index contributed by atoms with van der Waals surface area (Å²) in [6, 6.07) is 4.21. The molecule has 2 heterocycles. The molecule has 7 nitrogen and oxygen atoms in total. The highest BCUT2D eigenvalue weighted by Gasteiger charge is 2.05. The first-order chi connectivity index (χ1) is 11.2. The number of rotatable bonds is 8. The average Bonchev–Trinajstić information content (AvgIpc) is 3.17. The summed E-state index contributed by atoms with van der Waals surface area (Å²) in [5.41, 5.74) is 0. The number of halogens is 1. The van der Waals surface area contributed by atoms with Crippen molar-refractivity contribution in [3.8, 4) is 0 Å². The van der Waals surface area contributed by atoms with Crippen LogP contribution in [0.3, 0.4) is 0 Å². The molecule has 0 bridgehead atoms. The third kappa shape index (κ3) is 6.73. The van der Waals surface area contributed by atoms with Gasteiger partial charge in [0.1, 0.15) is 12.4 Å². The lowest BCUT2D eigenvalue weighted by atomic mass is 10.3.